The first-order valence-electron chi connectivity index (χ1n) is 1.63. The van der Waals surface area contributed by atoms with Gasteiger partial charge in [-0.2, -0.15) is 8.78 Å². The van der Waals surface area contributed by atoms with Crippen LogP contribution in [0.2, 0.25) is 0 Å². The molecule has 0 bridgehead atoms. The van der Waals surface area contributed by atoms with E-state index in [1.807, 2.05) is 0 Å². The van der Waals surface area contributed by atoms with E-state index in [4.69, 9.17) is 0 Å². The molecule has 9 heavy (non-hydrogen) atoms. The van der Waals surface area contributed by atoms with Gasteiger partial charge in [0.15, 0.2) is 5.03 Å². The topological polar surface area (TPSA) is 26.3 Å². The van der Waals surface area contributed by atoms with E-state index >= 15 is 0 Å². The predicted molar refractivity (Wildman–Crippen MR) is 22.3 cm³/mol. The minimum atomic E-state index is -2.47. The van der Waals surface area contributed by atoms with Crippen LogP contribution in [0.5, 0.6) is 0 Å². The van der Waals surface area contributed by atoms with Crippen LogP contribution in [0.15, 0.2) is 11.1 Å². The lowest BCUT2D eigenvalue weighted by Crippen LogP contribution is -1.97. The largest absolute Gasteiger partial charge is 0.396 e. The van der Waals surface area contributed by atoms with Crippen molar-refractivity contribution in [1.82, 2.24) is 0 Å². The van der Waals surface area contributed by atoms with Gasteiger partial charge in [-0.15, -0.1) is 0 Å². The highest BCUT2D eigenvalue weighted by Gasteiger charge is 2.15. The Morgan fingerprint density at radius 2 is 1.89 bits per heavy atom. The molecule has 2 nitrogen and oxygen atoms in total. The molecule has 0 saturated heterocycles. The van der Waals surface area contributed by atoms with Gasteiger partial charge in [-0.1, -0.05) is 11.6 Å². The second-order valence-electron chi connectivity index (χ2n) is 0.939. The molecular weight excluding hydrogens is 160 g/mol. The first-order chi connectivity index (χ1) is 4.09. The molecule has 0 aliphatic heterocycles. The van der Waals surface area contributed by atoms with Crippen molar-refractivity contribution in [2.24, 2.45) is 0 Å². The Labute approximate surface area is 52.8 Å². The van der Waals surface area contributed by atoms with Gasteiger partial charge in [0.25, 0.3) is 6.08 Å². The lowest BCUT2D eigenvalue weighted by Gasteiger charge is -1.86. The average Bonchev–Trinajstić information content (AvgIpc) is 1.84. The third kappa shape index (κ3) is 2.36. The maximum atomic E-state index is 11.1. The van der Waals surface area contributed by atoms with Crippen molar-refractivity contribution in [1.29, 1.82) is 0 Å². The van der Waals surface area contributed by atoms with Crippen molar-refractivity contribution in [2.75, 3.05) is 0 Å². The van der Waals surface area contributed by atoms with Crippen molar-refractivity contribution in [2.45, 2.75) is 0 Å². The molecule has 0 aromatic rings. The molecule has 0 unspecified atom stereocenters. The van der Waals surface area contributed by atoms with Crippen LogP contribution in [0.1, 0.15) is 0 Å². The van der Waals surface area contributed by atoms with Crippen LogP contribution in [0, 0.1) is 0 Å². The smallest absolute Gasteiger partial charge is 0.248 e. The van der Waals surface area contributed by atoms with Crippen molar-refractivity contribution >= 4 is 17.6 Å². The van der Waals surface area contributed by atoms with E-state index in [1.165, 1.54) is 0 Å². The molecule has 0 heterocycles. The molecule has 0 fully saturated rings. The maximum absolute atomic E-state index is 11.1. The van der Waals surface area contributed by atoms with Gasteiger partial charge in [0.05, 0.1) is 0 Å². The molecule has 0 aromatic carbocycles. The van der Waals surface area contributed by atoms with Gasteiger partial charge in [0.2, 0.25) is 0 Å². The predicted octanol–water partition coefficient (Wildman–Crippen LogP) is 1.76. The summed E-state index contributed by atoms with van der Waals surface area (Å²) in [4.78, 5) is 12.1. The molecule has 52 valence electrons. The van der Waals surface area contributed by atoms with E-state index in [0.717, 1.165) is 0 Å². The van der Waals surface area contributed by atoms with Gasteiger partial charge in [-0.3, -0.25) is 0 Å². The van der Waals surface area contributed by atoms with Crippen molar-refractivity contribution < 1.29 is 23.0 Å². The minimum Gasteiger partial charge on any atom is -0.248 e. The Morgan fingerprint density at radius 3 is 2.00 bits per heavy atom. The van der Waals surface area contributed by atoms with E-state index in [9.17, 15) is 18.1 Å². The second kappa shape index (κ2) is 3.34. The Kier molecular flexibility index (Phi) is 3.08. The summed E-state index contributed by atoms with van der Waals surface area (Å²) in [5, 5.41) is -1.54. The normalized spacial score (nSPS) is 8.44. The average molecular weight is 160 g/mol. The fourth-order valence-electron chi connectivity index (χ4n) is 0.111. The Balaban J connectivity index is 4.21. The Hall–Kier alpha value is -0.710. The second-order valence-corrected chi connectivity index (χ2v) is 1.32. The van der Waals surface area contributed by atoms with Crippen LogP contribution in [0.25, 0.3) is 0 Å². The fraction of sp³-hybridized carbons (Fsp3) is 0. The summed E-state index contributed by atoms with van der Waals surface area (Å²) < 4.78 is 33.0. The van der Waals surface area contributed by atoms with Crippen LogP contribution >= 0.6 is 11.6 Å². The minimum absolute atomic E-state index is 1.54. The van der Waals surface area contributed by atoms with Crippen LogP contribution < -0.4 is 0 Å². The van der Waals surface area contributed by atoms with E-state index in [0.29, 0.717) is 0 Å². The molecule has 0 N–H and O–H groups in total. The number of carbonyl (C=O) groups is 1. The van der Waals surface area contributed by atoms with Crippen molar-refractivity contribution in [3.05, 3.63) is 11.1 Å². The summed E-state index contributed by atoms with van der Waals surface area (Å²) in [6, 6.07) is 0. The van der Waals surface area contributed by atoms with Gasteiger partial charge >= 0.3 is 5.97 Å². The molecule has 0 saturated carbocycles. The number of hydrogen-bond donors (Lipinski definition) is 0. The summed E-state index contributed by atoms with van der Waals surface area (Å²) in [5.41, 5.74) is 0. The number of carbonyl (C=O) groups excluding carboxylic acids is 1. The summed E-state index contributed by atoms with van der Waals surface area (Å²) in [6.07, 6.45) is -2.47. The lowest BCUT2D eigenvalue weighted by atomic mass is 10.6. The SMILES string of the molecule is O=C(OF)C(Cl)=C(F)F. The van der Waals surface area contributed by atoms with Gasteiger partial charge in [0, 0.05) is 4.53 Å². The van der Waals surface area contributed by atoms with E-state index in [2.05, 4.69) is 16.5 Å². The molecular formula is C3ClF3O2. The zero-order valence-electron chi connectivity index (χ0n) is 3.83. The molecule has 0 aliphatic carbocycles. The van der Waals surface area contributed by atoms with Crippen LogP contribution in [-0.4, -0.2) is 5.97 Å². The van der Waals surface area contributed by atoms with Crippen LogP contribution in [0.4, 0.5) is 13.3 Å². The standard InChI is InChI=1S/C3ClF3O2/c4-1(2(5)6)3(8)9-7. The molecule has 0 spiro atoms. The lowest BCUT2D eigenvalue weighted by molar-refractivity contribution is -0.177. The summed E-state index contributed by atoms with van der Waals surface area (Å²) in [7, 11) is 0. The van der Waals surface area contributed by atoms with E-state index in [1.54, 1.807) is 0 Å². The zero-order valence-corrected chi connectivity index (χ0v) is 4.58. The molecule has 0 aliphatic rings. The van der Waals surface area contributed by atoms with Gasteiger partial charge < -0.3 is 0 Å². The molecule has 0 rings (SSSR count). The first kappa shape index (κ1) is 8.29. The number of halogens is 4. The third-order valence-electron chi connectivity index (χ3n) is 0.415. The fourth-order valence-corrected chi connectivity index (χ4v) is 0.140. The summed E-state index contributed by atoms with van der Waals surface area (Å²) >= 11 is 4.48. The van der Waals surface area contributed by atoms with Crippen molar-refractivity contribution in [3.8, 4) is 0 Å². The highest BCUT2D eigenvalue weighted by atomic mass is 35.5. The summed E-state index contributed by atoms with van der Waals surface area (Å²) in [6.45, 7) is 0. The van der Waals surface area contributed by atoms with Crippen LogP contribution in [-0.2, 0) is 9.74 Å². The Bertz CT molecular complexity index is 151. The first-order valence-corrected chi connectivity index (χ1v) is 2.01. The Morgan fingerprint density at radius 1 is 1.44 bits per heavy atom. The monoisotopic (exact) mass is 160 g/mol. The van der Waals surface area contributed by atoms with Gasteiger partial charge in [-0.25, -0.2) is 9.74 Å². The highest BCUT2D eigenvalue weighted by molar-refractivity contribution is 6.41. The zero-order chi connectivity index (χ0) is 7.44. The molecule has 0 amide bonds. The highest BCUT2D eigenvalue weighted by Crippen LogP contribution is 2.13. The van der Waals surface area contributed by atoms with Crippen molar-refractivity contribution in [3.63, 3.8) is 0 Å². The summed E-state index contributed by atoms with van der Waals surface area (Å²) in [5.74, 6) is -1.89. The quantitative estimate of drug-likeness (QED) is 0.547. The number of hydrogen-bond acceptors (Lipinski definition) is 2. The van der Waals surface area contributed by atoms with Gasteiger partial charge in [-0.05, 0) is 0 Å². The van der Waals surface area contributed by atoms with E-state index < -0.39 is 17.1 Å². The maximum Gasteiger partial charge on any atom is 0.396 e. The van der Waals surface area contributed by atoms with Crippen LogP contribution in [0.3, 0.4) is 0 Å². The van der Waals surface area contributed by atoms with Gasteiger partial charge in [0.1, 0.15) is 0 Å². The molecule has 0 aromatic heterocycles. The molecule has 6 heteroatoms. The third-order valence-corrected chi connectivity index (χ3v) is 0.712. The number of rotatable bonds is 1. The van der Waals surface area contributed by atoms with E-state index in [-0.39, 0.29) is 0 Å². The molecule has 0 atom stereocenters. The molecule has 0 radical (unpaired) electrons.